The molecule has 8 heteroatoms. The van der Waals surface area contributed by atoms with Gasteiger partial charge in [0, 0.05) is 12.8 Å². The van der Waals surface area contributed by atoms with Crippen LogP contribution in [-0.4, -0.2) is 29.1 Å². The number of alkyl halides is 2. The van der Waals surface area contributed by atoms with Gasteiger partial charge in [0.1, 0.15) is 0 Å². The highest BCUT2D eigenvalue weighted by Crippen LogP contribution is 2.39. The average molecular weight is 276 g/mol. The molecule has 0 aromatic heterocycles. The first-order valence-corrected chi connectivity index (χ1v) is 6.99. The second kappa shape index (κ2) is 5.92. The minimum Gasteiger partial charge on any atom is -0.287 e. The van der Waals surface area contributed by atoms with Crippen LogP contribution in [0, 0.1) is 5.92 Å². The monoisotopic (exact) mass is 276 g/mol. The van der Waals surface area contributed by atoms with E-state index in [0.29, 0.717) is 0 Å². The molecular formula is C8H14F2O4S2. The van der Waals surface area contributed by atoms with Gasteiger partial charge in [0.25, 0.3) is 10.1 Å². The van der Waals surface area contributed by atoms with Crippen molar-refractivity contribution in [2.45, 2.75) is 31.9 Å². The Labute approximate surface area is 97.5 Å². The molecule has 1 unspecified atom stereocenters. The third kappa shape index (κ3) is 7.13. The minimum absolute atomic E-state index is 0.0614. The molecule has 0 saturated carbocycles. The first-order chi connectivity index (χ1) is 7.04. The summed E-state index contributed by atoms with van der Waals surface area (Å²) in [4.78, 5) is 10.5. The van der Waals surface area contributed by atoms with E-state index in [-0.39, 0.29) is 24.6 Å². The molecule has 0 heterocycles. The van der Waals surface area contributed by atoms with Gasteiger partial charge in [0.2, 0.25) is 0 Å². The molecule has 0 aliphatic rings. The average Bonchev–Trinajstić information content (AvgIpc) is 1.98. The maximum atomic E-state index is 13.2. The van der Waals surface area contributed by atoms with Crippen LogP contribution in [0.3, 0.4) is 0 Å². The molecule has 96 valence electrons. The summed E-state index contributed by atoms with van der Waals surface area (Å²) in [5, 5.41) is -3.89. The van der Waals surface area contributed by atoms with Crippen molar-refractivity contribution in [2.75, 3.05) is 5.75 Å². The van der Waals surface area contributed by atoms with Gasteiger partial charge < -0.3 is 0 Å². The Balaban J connectivity index is 4.14. The number of carbonyl (C=O) groups excluding carboxylic acids is 1. The van der Waals surface area contributed by atoms with Crippen molar-refractivity contribution < 1.29 is 26.5 Å². The summed E-state index contributed by atoms with van der Waals surface area (Å²) in [6.45, 7) is 2.28. The van der Waals surface area contributed by atoms with Crippen molar-refractivity contribution in [3.05, 3.63) is 0 Å². The van der Waals surface area contributed by atoms with E-state index in [4.69, 9.17) is 4.55 Å². The van der Waals surface area contributed by atoms with Crippen LogP contribution in [0.2, 0.25) is 0 Å². The molecule has 0 aromatic rings. The molecule has 0 amide bonds. The van der Waals surface area contributed by atoms with Crippen LogP contribution in [0.5, 0.6) is 0 Å². The molecule has 0 aromatic carbocycles. The largest absolute Gasteiger partial charge is 0.303 e. The zero-order chi connectivity index (χ0) is 13.0. The van der Waals surface area contributed by atoms with Gasteiger partial charge in [0.05, 0.1) is 5.75 Å². The SMILES string of the molecule is CC(=O)SC(F)(F)C(C)CCCS(=O)(=O)O. The van der Waals surface area contributed by atoms with E-state index in [2.05, 4.69) is 0 Å². The Morgan fingerprint density at radius 2 is 2.00 bits per heavy atom. The first-order valence-electron chi connectivity index (χ1n) is 4.57. The van der Waals surface area contributed by atoms with E-state index in [1.165, 1.54) is 6.92 Å². The van der Waals surface area contributed by atoms with E-state index in [9.17, 15) is 22.0 Å². The Hall–Kier alpha value is -0.210. The standard InChI is InChI=1S/C8H14F2O4S2/c1-6(4-3-5-16(12,13)14)8(9,10)15-7(2)11/h6H,3-5H2,1-2H3,(H,12,13,14). The normalized spacial score (nSPS) is 14.8. The lowest BCUT2D eigenvalue weighted by Crippen LogP contribution is -2.24. The van der Waals surface area contributed by atoms with Gasteiger partial charge in [0.15, 0.2) is 5.12 Å². The van der Waals surface area contributed by atoms with E-state index in [1.807, 2.05) is 0 Å². The van der Waals surface area contributed by atoms with Gasteiger partial charge in [-0.15, -0.1) is 0 Å². The zero-order valence-corrected chi connectivity index (χ0v) is 10.6. The van der Waals surface area contributed by atoms with Crippen LogP contribution in [-0.2, 0) is 14.9 Å². The third-order valence-corrected chi connectivity index (χ3v) is 3.66. The molecule has 1 atom stereocenters. The predicted octanol–water partition coefficient (Wildman–Crippen LogP) is 2.16. The summed E-state index contributed by atoms with van der Waals surface area (Å²) >= 11 is -0.0614. The van der Waals surface area contributed by atoms with Crippen LogP contribution in [0.25, 0.3) is 0 Å². The lowest BCUT2D eigenvalue weighted by atomic mass is 10.1. The van der Waals surface area contributed by atoms with Crippen molar-refractivity contribution >= 4 is 27.0 Å². The maximum absolute atomic E-state index is 13.2. The highest BCUT2D eigenvalue weighted by Gasteiger charge is 2.38. The highest BCUT2D eigenvalue weighted by molar-refractivity contribution is 8.14. The number of halogens is 2. The minimum atomic E-state index is -4.11. The van der Waals surface area contributed by atoms with Crippen molar-refractivity contribution in [1.29, 1.82) is 0 Å². The van der Waals surface area contributed by atoms with E-state index < -0.39 is 32.2 Å². The lowest BCUT2D eigenvalue weighted by Gasteiger charge is -2.21. The van der Waals surface area contributed by atoms with E-state index in [0.717, 1.165) is 6.92 Å². The Morgan fingerprint density at radius 1 is 1.50 bits per heavy atom. The van der Waals surface area contributed by atoms with Crippen LogP contribution < -0.4 is 0 Å². The molecule has 0 aliphatic heterocycles. The highest BCUT2D eigenvalue weighted by atomic mass is 32.2. The van der Waals surface area contributed by atoms with Crippen molar-refractivity contribution in [3.63, 3.8) is 0 Å². The van der Waals surface area contributed by atoms with Crippen molar-refractivity contribution in [1.82, 2.24) is 0 Å². The van der Waals surface area contributed by atoms with E-state index >= 15 is 0 Å². The predicted molar refractivity (Wildman–Crippen MR) is 58.0 cm³/mol. The zero-order valence-electron chi connectivity index (χ0n) is 8.94. The van der Waals surface area contributed by atoms with Gasteiger partial charge in [-0.2, -0.15) is 17.2 Å². The fraction of sp³-hybridized carbons (Fsp3) is 0.875. The molecule has 0 aliphatic carbocycles. The Kier molecular flexibility index (Phi) is 5.85. The van der Waals surface area contributed by atoms with Gasteiger partial charge in [-0.25, -0.2) is 0 Å². The molecule has 0 radical (unpaired) electrons. The summed E-state index contributed by atoms with van der Waals surface area (Å²) in [5.41, 5.74) is 0. The van der Waals surface area contributed by atoms with Gasteiger partial charge in [-0.1, -0.05) is 6.92 Å². The van der Waals surface area contributed by atoms with Crippen LogP contribution >= 0.6 is 11.8 Å². The Morgan fingerprint density at radius 3 is 2.38 bits per heavy atom. The molecule has 16 heavy (non-hydrogen) atoms. The van der Waals surface area contributed by atoms with Gasteiger partial charge >= 0.3 is 5.25 Å². The maximum Gasteiger partial charge on any atom is 0.303 e. The van der Waals surface area contributed by atoms with Gasteiger partial charge in [-0.05, 0) is 24.6 Å². The lowest BCUT2D eigenvalue weighted by molar-refractivity contribution is -0.109. The van der Waals surface area contributed by atoms with Crippen LogP contribution in [0.1, 0.15) is 26.7 Å². The van der Waals surface area contributed by atoms with Crippen molar-refractivity contribution in [3.8, 4) is 0 Å². The molecule has 0 fully saturated rings. The number of hydrogen-bond donors (Lipinski definition) is 1. The molecular weight excluding hydrogens is 262 g/mol. The number of carbonyl (C=O) groups is 1. The van der Waals surface area contributed by atoms with Crippen LogP contribution in [0.4, 0.5) is 8.78 Å². The van der Waals surface area contributed by atoms with Crippen LogP contribution in [0.15, 0.2) is 0 Å². The Bertz CT molecular complexity index is 340. The number of rotatable bonds is 6. The summed E-state index contributed by atoms with van der Waals surface area (Å²) in [6, 6.07) is 0. The number of thioether (sulfide) groups is 1. The van der Waals surface area contributed by atoms with Crippen molar-refractivity contribution in [2.24, 2.45) is 5.92 Å². The first kappa shape index (κ1) is 15.8. The molecule has 4 nitrogen and oxygen atoms in total. The molecule has 0 spiro atoms. The topological polar surface area (TPSA) is 71.4 Å². The second-order valence-corrected chi connectivity index (χ2v) is 6.38. The third-order valence-electron chi connectivity index (χ3n) is 1.89. The summed E-state index contributed by atoms with van der Waals surface area (Å²) < 4.78 is 55.5. The fourth-order valence-electron chi connectivity index (χ4n) is 1.03. The summed E-state index contributed by atoms with van der Waals surface area (Å²) in [5.74, 6) is -1.67. The quantitative estimate of drug-likeness (QED) is 0.753. The molecule has 0 rings (SSSR count). The molecule has 0 saturated heterocycles. The number of hydrogen-bond acceptors (Lipinski definition) is 4. The fourth-order valence-corrected chi connectivity index (χ4v) is 2.27. The smallest absolute Gasteiger partial charge is 0.287 e. The summed E-state index contributed by atoms with van der Waals surface area (Å²) in [6.07, 6.45) is -0.138. The molecule has 1 N–H and O–H groups in total. The summed E-state index contributed by atoms with van der Waals surface area (Å²) in [7, 11) is -4.11. The van der Waals surface area contributed by atoms with E-state index in [1.54, 1.807) is 0 Å². The second-order valence-electron chi connectivity index (χ2n) is 3.48. The molecule has 0 bridgehead atoms. The van der Waals surface area contributed by atoms with Gasteiger partial charge in [-0.3, -0.25) is 9.35 Å².